The molecule has 0 aliphatic carbocycles. The van der Waals surface area contributed by atoms with Crippen molar-refractivity contribution < 1.29 is 9.53 Å². The number of esters is 1. The molecule has 1 rings (SSSR count). The number of nitrogens with two attached hydrogens (primary N) is 1. The van der Waals surface area contributed by atoms with E-state index in [0.29, 0.717) is 5.57 Å². The molecule has 0 aliphatic rings. The molecule has 3 heteroatoms. The summed E-state index contributed by atoms with van der Waals surface area (Å²) < 4.78 is 5.03. The van der Waals surface area contributed by atoms with Gasteiger partial charge in [-0.3, -0.25) is 0 Å². The Balaban J connectivity index is 2.44. The summed E-state index contributed by atoms with van der Waals surface area (Å²) in [4.78, 5) is 11.3. The number of hydrogen-bond donors (Lipinski definition) is 1. The van der Waals surface area contributed by atoms with Crippen LogP contribution in [0.5, 0.6) is 0 Å². The third-order valence-electron chi connectivity index (χ3n) is 2.01. The Morgan fingerprint density at radius 3 is 2.60 bits per heavy atom. The smallest absolute Gasteiger partial charge is 0.327 e. The fourth-order valence-corrected chi connectivity index (χ4v) is 1.02. The zero-order chi connectivity index (χ0) is 11.3. The van der Waals surface area contributed by atoms with Crippen molar-refractivity contribution >= 4 is 5.97 Å². The van der Waals surface area contributed by atoms with Gasteiger partial charge in [-0.05, 0) is 12.5 Å². The SMILES string of the molecule is C=C(C)[C@@H](N)C(=O)OCc1ccccc1. The van der Waals surface area contributed by atoms with Crippen LogP contribution in [0.1, 0.15) is 12.5 Å². The molecular weight excluding hydrogens is 190 g/mol. The highest BCUT2D eigenvalue weighted by Gasteiger charge is 2.15. The Morgan fingerprint density at radius 2 is 2.07 bits per heavy atom. The van der Waals surface area contributed by atoms with Crippen molar-refractivity contribution in [2.45, 2.75) is 19.6 Å². The first kappa shape index (κ1) is 11.5. The largest absolute Gasteiger partial charge is 0.459 e. The Morgan fingerprint density at radius 1 is 1.47 bits per heavy atom. The Labute approximate surface area is 89.5 Å². The molecule has 1 aromatic rings. The number of benzene rings is 1. The Bertz CT molecular complexity index is 346. The van der Waals surface area contributed by atoms with E-state index in [1.165, 1.54) is 0 Å². The van der Waals surface area contributed by atoms with Crippen LogP contribution in [0.2, 0.25) is 0 Å². The fraction of sp³-hybridized carbons (Fsp3) is 0.250. The number of hydrogen-bond acceptors (Lipinski definition) is 3. The molecule has 2 N–H and O–H groups in total. The van der Waals surface area contributed by atoms with Crippen molar-refractivity contribution in [3.05, 3.63) is 48.0 Å². The summed E-state index contributed by atoms with van der Waals surface area (Å²) in [6, 6.07) is 8.74. The van der Waals surface area contributed by atoms with Gasteiger partial charge in [0.1, 0.15) is 12.6 Å². The number of carbonyl (C=O) groups is 1. The molecule has 0 aromatic heterocycles. The molecule has 80 valence electrons. The zero-order valence-electron chi connectivity index (χ0n) is 8.77. The minimum absolute atomic E-state index is 0.251. The summed E-state index contributed by atoms with van der Waals surface area (Å²) in [5.41, 5.74) is 7.10. The maximum atomic E-state index is 11.3. The predicted octanol–water partition coefficient (Wildman–Crippen LogP) is 1.63. The molecule has 0 radical (unpaired) electrons. The Hall–Kier alpha value is -1.61. The van der Waals surface area contributed by atoms with E-state index in [9.17, 15) is 4.79 Å². The lowest BCUT2D eigenvalue weighted by molar-refractivity contribution is -0.145. The molecular formula is C12H15NO2. The van der Waals surface area contributed by atoms with Crippen molar-refractivity contribution in [3.63, 3.8) is 0 Å². The van der Waals surface area contributed by atoms with Crippen molar-refractivity contribution in [3.8, 4) is 0 Å². The molecule has 0 fully saturated rings. The van der Waals surface area contributed by atoms with Gasteiger partial charge in [-0.1, -0.05) is 42.5 Å². The highest BCUT2D eigenvalue weighted by Crippen LogP contribution is 2.03. The monoisotopic (exact) mass is 205 g/mol. The van der Waals surface area contributed by atoms with Gasteiger partial charge in [0.15, 0.2) is 0 Å². The van der Waals surface area contributed by atoms with E-state index in [2.05, 4.69) is 6.58 Å². The van der Waals surface area contributed by atoms with E-state index in [-0.39, 0.29) is 6.61 Å². The predicted molar refractivity (Wildman–Crippen MR) is 59.0 cm³/mol. The fourth-order valence-electron chi connectivity index (χ4n) is 1.02. The van der Waals surface area contributed by atoms with Gasteiger partial charge in [0.2, 0.25) is 0 Å². The normalized spacial score (nSPS) is 11.9. The molecule has 15 heavy (non-hydrogen) atoms. The van der Waals surface area contributed by atoms with Gasteiger partial charge in [-0.25, -0.2) is 4.79 Å². The van der Waals surface area contributed by atoms with Gasteiger partial charge < -0.3 is 10.5 Å². The number of ether oxygens (including phenoxy) is 1. The van der Waals surface area contributed by atoms with Crippen LogP contribution in [0, 0.1) is 0 Å². The molecule has 1 aromatic carbocycles. The van der Waals surface area contributed by atoms with Gasteiger partial charge >= 0.3 is 5.97 Å². The van der Waals surface area contributed by atoms with Crippen molar-refractivity contribution in [1.82, 2.24) is 0 Å². The van der Waals surface area contributed by atoms with Crippen molar-refractivity contribution in [1.29, 1.82) is 0 Å². The highest BCUT2D eigenvalue weighted by atomic mass is 16.5. The summed E-state index contributed by atoms with van der Waals surface area (Å²) in [6.07, 6.45) is 0. The molecule has 1 atom stereocenters. The van der Waals surface area contributed by atoms with Gasteiger partial charge in [0.25, 0.3) is 0 Å². The van der Waals surface area contributed by atoms with Crippen molar-refractivity contribution in [2.24, 2.45) is 5.73 Å². The summed E-state index contributed by atoms with van der Waals surface area (Å²) in [7, 11) is 0. The third-order valence-corrected chi connectivity index (χ3v) is 2.01. The number of rotatable bonds is 4. The molecule has 0 saturated heterocycles. The second-order valence-electron chi connectivity index (χ2n) is 3.42. The average molecular weight is 205 g/mol. The Kier molecular flexibility index (Phi) is 4.06. The van der Waals surface area contributed by atoms with Crippen molar-refractivity contribution in [2.75, 3.05) is 0 Å². The molecule has 0 heterocycles. The molecule has 0 amide bonds. The third kappa shape index (κ3) is 3.56. The van der Waals surface area contributed by atoms with Gasteiger partial charge in [-0.15, -0.1) is 0 Å². The molecule has 0 saturated carbocycles. The summed E-state index contributed by atoms with van der Waals surface area (Å²) in [5.74, 6) is -0.439. The molecule has 3 nitrogen and oxygen atoms in total. The van der Waals surface area contributed by atoms with Crippen LogP contribution in [0.3, 0.4) is 0 Å². The van der Waals surface area contributed by atoms with Crippen LogP contribution in [0.4, 0.5) is 0 Å². The quantitative estimate of drug-likeness (QED) is 0.600. The minimum atomic E-state index is -0.728. The van der Waals surface area contributed by atoms with Crippen LogP contribution in [-0.4, -0.2) is 12.0 Å². The van der Waals surface area contributed by atoms with Crippen LogP contribution in [0.15, 0.2) is 42.5 Å². The van der Waals surface area contributed by atoms with E-state index in [4.69, 9.17) is 10.5 Å². The van der Waals surface area contributed by atoms with Crippen LogP contribution >= 0.6 is 0 Å². The molecule has 0 aliphatic heterocycles. The molecule has 0 unspecified atom stereocenters. The summed E-state index contributed by atoms with van der Waals surface area (Å²) in [6.45, 7) is 5.56. The second-order valence-corrected chi connectivity index (χ2v) is 3.42. The van der Waals surface area contributed by atoms with Gasteiger partial charge in [-0.2, -0.15) is 0 Å². The minimum Gasteiger partial charge on any atom is -0.459 e. The van der Waals surface area contributed by atoms with E-state index in [1.807, 2.05) is 30.3 Å². The first-order valence-corrected chi connectivity index (χ1v) is 4.73. The summed E-state index contributed by atoms with van der Waals surface area (Å²) in [5, 5.41) is 0. The van der Waals surface area contributed by atoms with Crippen LogP contribution in [0.25, 0.3) is 0 Å². The zero-order valence-corrected chi connectivity index (χ0v) is 8.77. The molecule has 0 spiro atoms. The average Bonchev–Trinajstić information content (AvgIpc) is 2.26. The molecule has 0 bridgehead atoms. The lowest BCUT2D eigenvalue weighted by atomic mass is 10.2. The lowest BCUT2D eigenvalue weighted by Gasteiger charge is -2.10. The standard InChI is InChI=1S/C12H15NO2/c1-9(2)11(13)12(14)15-8-10-6-4-3-5-7-10/h3-7,11H,1,8,13H2,2H3/t11-/m1/s1. The number of carbonyl (C=O) groups excluding carboxylic acids is 1. The van der Waals surface area contributed by atoms with Gasteiger partial charge in [0, 0.05) is 0 Å². The summed E-state index contributed by atoms with van der Waals surface area (Å²) >= 11 is 0. The van der Waals surface area contributed by atoms with Gasteiger partial charge in [0.05, 0.1) is 0 Å². The lowest BCUT2D eigenvalue weighted by Crippen LogP contribution is -2.32. The first-order chi connectivity index (χ1) is 7.11. The first-order valence-electron chi connectivity index (χ1n) is 4.73. The van der Waals surface area contributed by atoms with E-state index < -0.39 is 12.0 Å². The van der Waals surface area contributed by atoms with E-state index >= 15 is 0 Å². The van der Waals surface area contributed by atoms with Crippen LogP contribution in [-0.2, 0) is 16.1 Å². The second kappa shape index (κ2) is 5.32. The highest BCUT2D eigenvalue weighted by molar-refractivity contribution is 5.78. The topological polar surface area (TPSA) is 52.3 Å². The maximum Gasteiger partial charge on any atom is 0.327 e. The van der Waals surface area contributed by atoms with Crippen LogP contribution < -0.4 is 5.73 Å². The van der Waals surface area contributed by atoms with E-state index in [0.717, 1.165) is 5.56 Å². The maximum absolute atomic E-state index is 11.3. The van der Waals surface area contributed by atoms with E-state index in [1.54, 1.807) is 6.92 Å².